The third-order valence-electron chi connectivity index (χ3n) is 4.34. The summed E-state index contributed by atoms with van der Waals surface area (Å²) in [6, 6.07) is 21.0. The van der Waals surface area contributed by atoms with Crippen LogP contribution in [0.2, 0.25) is 0 Å². The van der Waals surface area contributed by atoms with E-state index in [1.807, 2.05) is 30.5 Å². The SMILES string of the molecule is CC(c1ccccc1)N1C=C(c2cccc3ncccc23)OC1. The second kappa shape index (κ2) is 5.76. The molecule has 0 aliphatic carbocycles. The van der Waals surface area contributed by atoms with Gasteiger partial charge in [0.15, 0.2) is 6.73 Å². The lowest BCUT2D eigenvalue weighted by Crippen LogP contribution is -2.19. The standard InChI is InChI=1S/C20H18N2O/c1-15(16-7-3-2-4-8-16)22-13-20(23-14-22)18-9-5-11-19-17(18)10-6-12-21-19/h2-13,15H,14H2,1H3. The van der Waals surface area contributed by atoms with Crippen LogP contribution >= 0.6 is 0 Å². The first-order chi connectivity index (χ1) is 11.3. The third kappa shape index (κ3) is 2.55. The van der Waals surface area contributed by atoms with Gasteiger partial charge in [-0.25, -0.2) is 0 Å². The Morgan fingerprint density at radius 1 is 1.00 bits per heavy atom. The largest absolute Gasteiger partial charge is 0.471 e. The molecule has 2 heterocycles. The van der Waals surface area contributed by atoms with E-state index >= 15 is 0 Å². The number of pyridine rings is 1. The van der Waals surface area contributed by atoms with Crippen LogP contribution in [0.3, 0.4) is 0 Å². The van der Waals surface area contributed by atoms with E-state index in [0.29, 0.717) is 6.73 Å². The van der Waals surface area contributed by atoms with Gasteiger partial charge in [0.1, 0.15) is 5.76 Å². The van der Waals surface area contributed by atoms with Crippen LogP contribution in [0.1, 0.15) is 24.1 Å². The zero-order chi connectivity index (χ0) is 15.6. The highest BCUT2D eigenvalue weighted by atomic mass is 16.5. The summed E-state index contributed by atoms with van der Waals surface area (Å²) >= 11 is 0. The number of hydrogen-bond donors (Lipinski definition) is 0. The maximum absolute atomic E-state index is 5.96. The molecule has 114 valence electrons. The minimum Gasteiger partial charge on any atom is -0.471 e. The highest BCUT2D eigenvalue weighted by Crippen LogP contribution is 2.32. The lowest BCUT2D eigenvalue weighted by Gasteiger charge is -2.22. The Hall–Kier alpha value is -2.81. The Morgan fingerprint density at radius 3 is 2.74 bits per heavy atom. The highest BCUT2D eigenvalue weighted by molar-refractivity contribution is 5.90. The predicted molar refractivity (Wildman–Crippen MR) is 92.4 cm³/mol. The molecule has 2 aromatic carbocycles. The molecule has 0 saturated carbocycles. The summed E-state index contributed by atoms with van der Waals surface area (Å²) in [5.74, 6) is 0.909. The average molecular weight is 302 g/mol. The number of aromatic nitrogens is 1. The molecule has 1 atom stereocenters. The molecule has 3 heteroatoms. The van der Waals surface area contributed by atoms with Crippen molar-refractivity contribution in [1.82, 2.24) is 9.88 Å². The molecule has 1 aliphatic heterocycles. The van der Waals surface area contributed by atoms with Gasteiger partial charge in [0.25, 0.3) is 0 Å². The van der Waals surface area contributed by atoms with Crippen molar-refractivity contribution < 1.29 is 4.74 Å². The number of ether oxygens (including phenoxy) is 1. The van der Waals surface area contributed by atoms with E-state index in [1.165, 1.54) is 5.56 Å². The molecule has 4 rings (SSSR count). The van der Waals surface area contributed by atoms with Crippen LogP contribution in [0.25, 0.3) is 16.7 Å². The van der Waals surface area contributed by atoms with Crippen LogP contribution in [-0.4, -0.2) is 16.6 Å². The number of fused-ring (bicyclic) bond motifs is 1. The van der Waals surface area contributed by atoms with Gasteiger partial charge in [0.05, 0.1) is 11.6 Å². The monoisotopic (exact) mass is 302 g/mol. The second-order valence-corrected chi connectivity index (χ2v) is 5.74. The molecule has 1 aliphatic rings. The molecule has 0 fully saturated rings. The van der Waals surface area contributed by atoms with Gasteiger partial charge >= 0.3 is 0 Å². The molecule has 3 aromatic rings. The Labute approximate surface area is 135 Å². The minimum atomic E-state index is 0.279. The van der Waals surface area contributed by atoms with Crippen molar-refractivity contribution in [3.63, 3.8) is 0 Å². The van der Waals surface area contributed by atoms with Crippen molar-refractivity contribution in [3.8, 4) is 0 Å². The zero-order valence-electron chi connectivity index (χ0n) is 13.0. The molecule has 0 spiro atoms. The highest BCUT2D eigenvalue weighted by Gasteiger charge is 2.21. The molecular weight excluding hydrogens is 284 g/mol. The van der Waals surface area contributed by atoms with Crippen molar-refractivity contribution in [2.45, 2.75) is 13.0 Å². The van der Waals surface area contributed by atoms with E-state index in [1.54, 1.807) is 0 Å². The van der Waals surface area contributed by atoms with E-state index in [9.17, 15) is 0 Å². The van der Waals surface area contributed by atoms with Gasteiger partial charge < -0.3 is 9.64 Å². The fourth-order valence-corrected chi connectivity index (χ4v) is 2.98. The van der Waals surface area contributed by atoms with E-state index in [2.05, 4.69) is 59.4 Å². The van der Waals surface area contributed by atoms with Gasteiger partial charge in [-0.15, -0.1) is 0 Å². The predicted octanol–water partition coefficient (Wildman–Crippen LogP) is 4.58. The van der Waals surface area contributed by atoms with E-state index in [-0.39, 0.29) is 6.04 Å². The molecule has 3 nitrogen and oxygen atoms in total. The molecule has 1 aromatic heterocycles. The molecule has 0 bridgehead atoms. The maximum atomic E-state index is 5.96. The summed E-state index contributed by atoms with van der Waals surface area (Å²) < 4.78 is 5.96. The molecule has 23 heavy (non-hydrogen) atoms. The zero-order valence-corrected chi connectivity index (χ0v) is 13.0. The fourth-order valence-electron chi connectivity index (χ4n) is 2.98. The minimum absolute atomic E-state index is 0.279. The Bertz CT molecular complexity index is 852. The average Bonchev–Trinajstić information content (AvgIpc) is 3.11. The smallest absolute Gasteiger partial charge is 0.161 e. The molecule has 0 N–H and O–H groups in total. The van der Waals surface area contributed by atoms with Crippen molar-refractivity contribution in [3.05, 3.63) is 84.2 Å². The van der Waals surface area contributed by atoms with Crippen molar-refractivity contribution in [2.24, 2.45) is 0 Å². The van der Waals surface area contributed by atoms with Gasteiger partial charge in [-0.05, 0) is 24.6 Å². The Kier molecular flexibility index (Phi) is 3.46. The van der Waals surface area contributed by atoms with Crippen LogP contribution in [0, 0.1) is 0 Å². The first-order valence-electron chi connectivity index (χ1n) is 7.82. The van der Waals surface area contributed by atoms with Crippen LogP contribution < -0.4 is 0 Å². The van der Waals surface area contributed by atoms with Gasteiger partial charge in [0, 0.05) is 23.3 Å². The normalized spacial score (nSPS) is 15.3. The fraction of sp³-hybridized carbons (Fsp3) is 0.150. The first kappa shape index (κ1) is 13.8. The van der Waals surface area contributed by atoms with Crippen molar-refractivity contribution >= 4 is 16.7 Å². The summed E-state index contributed by atoms with van der Waals surface area (Å²) in [5.41, 5.74) is 3.37. The second-order valence-electron chi connectivity index (χ2n) is 5.74. The summed E-state index contributed by atoms with van der Waals surface area (Å²) in [6.45, 7) is 2.77. The molecular formula is C20H18N2O. The number of rotatable bonds is 3. The number of benzene rings is 2. The van der Waals surface area contributed by atoms with Crippen molar-refractivity contribution in [1.29, 1.82) is 0 Å². The first-order valence-corrected chi connectivity index (χ1v) is 7.82. The summed E-state index contributed by atoms with van der Waals surface area (Å²) in [4.78, 5) is 6.64. The lowest BCUT2D eigenvalue weighted by molar-refractivity contribution is 0.154. The quantitative estimate of drug-likeness (QED) is 0.708. The lowest BCUT2D eigenvalue weighted by atomic mass is 10.1. The third-order valence-corrected chi connectivity index (χ3v) is 4.34. The van der Waals surface area contributed by atoms with Gasteiger partial charge in [-0.3, -0.25) is 4.98 Å². The molecule has 0 amide bonds. The van der Waals surface area contributed by atoms with Crippen LogP contribution in [0.4, 0.5) is 0 Å². The van der Waals surface area contributed by atoms with Crippen LogP contribution in [0.5, 0.6) is 0 Å². The summed E-state index contributed by atoms with van der Waals surface area (Å²) in [6.07, 6.45) is 3.93. The number of nitrogens with zero attached hydrogens (tertiary/aromatic N) is 2. The molecule has 0 radical (unpaired) electrons. The van der Waals surface area contributed by atoms with Gasteiger partial charge in [-0.1, -0.05) is 48.5 Å². The van der Waals surface area contributed by atoms with Crippen molar-refractivity contribution in [2.75, 3.05) is 6.73 Å². The molecule has 0 saturated heterocycles. The number of hydrogen-bond acceptors (Lipinski definition) is 3. The van der Waals surface area contributed by atoms with E-state index in [0.717, 1.165) is 22.2 Å². The van der Waals surface area contributed by atoms with E-state index < -0.39 is 0 Å². The van der Waals surface area contributed by atoms with Gasteiger partial charge in [-0.2, -0.15) is 0 Å². The topological polar surface area (TPSA) is 25.4 Å². The summed E-state index contributed by atoms with van der Waals surface area (Å²) in [5, 5.41) is 1.12. The van der Waals surface area contributed by atoms with Gasteiger partial charge in [0.2, 0.25) is 0 Å². The summed E-state index contributed by atoms with van der Waals surface area (Å²) in [7, 11) is 0. The Balaban J connectivity index is 1.68. The Morgan fingerprint density at radius 2 is 1.87 bits per heavy atom. The van der Waals surface area contributed by atoms with Crippen LogP contribution in [0.15, 0.2) is 73.1 Å². The molecule has 1 unspecified atom stereocenters. The van der Waals surface area contributed by atoms with Crippen LogP contribution in [-0.2, 0) is 4.74 Å². The maximum Gasteiger partial charge on any atom is 0.161 e. The van der Waals surface area contributed by atoms with E-state index in [4.69, 9.17) is 4.74 Å².